The molecule has 38 heavy (non-hydrogen) atoms. The molecule has 0 saturated carbocycles. The number of rotatable bonds is 9. The van der Waals surface area contributed by atoms with E-state index in [9.17, 15) is 19.2 Å². The molecule has 12 heteroatoms. The molecular formula is C26H50N2O10. The number of carbonyl (C=O) groups excluding carboxylic acids is 4. The third kappa shape index (κ3) is 18.7. The highest BCUT2D eigenvalue weighted by molar-refractivity contribution is 5.82. The van der Waals surface area contributed by atoms with E-state index < -0.39 is 46.4 Å². The van der Waals surface area contributed by atoms with Gasteiger partial charge in [-0.15, -0.1) is 0 Å². The zero-order chi connectivity index (χ0) is 31.0. The quantitative estimate of drug-likeness (QED) is 0.144. The van der Waals surface area contributed by atoms with Crippen molar-refractivity contribution >= 4 is 24.1 Å². The number of hydrogen-bond acceptors (Lipinski definition) is 11. The van der Waals surface area contributed by atoms with Gasteiger partial charge in [0.05, 0.1) is 34.0 Å². The molecule has 0 aliphatic carbocycles. The first-order valence-electron chi connectivity index (χ1n) is 12.1. The van der Waals surface area contributed by atoms with Crippen LogP contribution in [0.4, 0.5) is 4.79 Å². The Labute approximate surface area is 227 Å². The lowest BCUT2D eigenvalue weighted by molar-refractivity contribution is -0.146. The van der Waals surface area contributed by atoms with Gasteiger partial charge < -0.3 is 34.8 Å². The second kappa shape index (κ2) is 17.9. The van der Waals surface area contributed by atoms with Gasteiger partial charge in [0.2, 0.25) is 6.08 Å². The Bertz CT molecular complexity index is 755. The van der Waals surface area contributed by atoms with Crippen molar-refractivity contribution in [1.29, 1.82) is 0 Å². The molecule has 0 spiro atoms. The fraction of sp³-hybridized carbons (Fsp3) is 0.846. The zero-order valence-electron chi connectivity index (χ0n) is 25.1. The maximum absolute atomic E-state index is 11.7. The predicted molar refractivity (Wildman–Crippen MR) is 142 cm³/mol. The van der Waals surface area contributed by atoms with Gasteiger partial charge in [-0.25, -0.2) is 19.2 Å². The van der Waals surface area contributed by atoms with E-state index >= 15 is 0 Å². The molecule has 0 heterocycles. The predicted octanol–water partition coefficient (Wildman–Crippen LogP) is 2.23. The van der Waals surface area contributed by atoms with Crippen LogP contribution in [0.2, 0.25) is 0 Å². The zero-order valence-corrected chi connectivity index (χ0v) is 25.1. The molecule has 0 bridgehead atoms. The molecule has 0 unspecified atom stereocenters. The molecular weight excluding hydrogens is 500 g/mol. The molecule has 4 N–H and O–H groups in total. The van der Waals surface area contributed by atoms with E-state index in [1.165, 1.54) is 20.3 Å². The summed E-state index contributed by atoms with van der Waals surface area (Å²) in [6.45, 7) is 18.0. The number of aliphatic hydroxyl groups is 3. The van der Waals surface area contributed by atoms with Crippen LogP contribution in [0.1, 0.15) is 69.2 Å². The number of amides is 1. The molecule has 0 radical (unpaired) electrons. The summed E-state index contributed by atoms with van der Waals surface area (Å²) >= 11 is 0. The Kier molecular flexibility index (Phi) is 18.8. The fourth-order valence-electron chi connectivity index (χ4n) is 2.03. The SMILES string of the molecule is CC(C)(CO)CO.COC(=O)[C@@H](N=C=O)C(C)(C)C.COC(=O)[C@@H](NC(=O)OCC(C)(C)CO)C(C)(C)C. The van der Waals surface area contributed by atoms with Gasteiger partial charge in [0.25, 0.3) is 0 Å². The number of esters is 2. The van der Waals surface area contributed by atoms with Crippen molar-refractivity contribution in [2.75, 3.05) is 40.6 Å². The Morgan fingerprint density at radius 1 is 0.763 bits per heavy atom. The summed E-state index contributed by atoms with van der Waals surface area (Å²) in [5.74, 6) is -1.03. The van der Waals surface area contributed by atoms with Crippen LogP contribution >= 0.6 is 0 Å². The first-order chi connectivity index (χ1) is 17.1. The average Bonchev–Trinajstić information content (AvgIpc) is 2.83. The van der Waals surface area contributed by atoms with Crippen molar-refractivity contribution < 1.29 is 48.7 Å². The van der Waals surface area contributed by atoms with Crippen molar-refractivity contribution in [3.05, 3.63) is 0 Å². The van der Waals surface area contributed by atoms with Crippen LogP contribution in [0.3, 0.4) is 0 Å². The second-order valence-electron chi connectivity index (χ2n) is 12.4. The number of nitrogens with zero attached hydrogens (tertiary/aromatic N) is 1. The van der Waals surface area contributed by atoms with Gasteiger partial charge >= 0.3 is 18.0 Å². The highest BCUT2D eigenvalue weighted by Gasteiger charge is 2.34. The minimum Gasteiger partial charge on any atom is -0.467 e. The van der Waals surface area contributed by atoms with E-state index in [0.717, 1.165) is 0 Å². The van der Waals surface area contributed by atoms with E-state index in [4.69, 9.17) is 20.1 Å². The van der Waals surface area contributed by atoms with Crippen molar-refractivity contribution in [1.82, 2.24) is 5.32 Å². The van der Waals surface area contributed by atoms with Gasteiger partial charge in [0.15, 0.2) is 6.04 Å². The van der Waals surface area contributed by atoms with Crippen LogP contribution < -0.4 is 5.32 Å². The van der Waals surface area contributed by atoms with E-state index in [1.54, 1.807) is 48.5 Å². The van der Waals surface area contributed by atoms with Gasteiger partial charge in [0, 0.05) is 10.8 Å². The summed E-state index contributed by atoms with van der Waals surface area (Å²) in [6.07, 6.45) is 0.662. The maximum Gasteiger partial charge on any atom is 0.407 e. The van der Waals surface area contributed by atoms with Crippen LogP contribution in [0.15, 0.2) is 4.99 Å². The number of alkyl carbamates (subject to hydrolysis) is 1. The van der Waals surface area contributed by atoms with Crippen molar-refractivity contribution in [3.63, 3.8) is 0 Å². The molecule has 0 aliphatic rings. The topological polar surface area (TPSA) is 181 Å². The van der Waals surface area contributed by atoms with Gasteiger partial charge in [-0.05, 0) is 10.8 Å². The summed E-state index contributed by atoms with van der Waals surface area (Å²) in [5, 5.41) is 28.4. The van der Waals surface area contributed by atoms with Crippen LogP contribution in [0.25, 0.3) is 0 Å². The number of methoxy groups -OCH3 is 2. The second-order valence-corrected chi connectivity index (χ2v) is 12.4. The number of aliphatic hydroxyl groups excluding tert-OH is 3. The van der Waals surface area contributed by atoms with Crippen LogP contribution in [-0.4, -0.2) is 92.2 Å². The Morgan fingerprint density at radius 3 is 1.45 bits per heavy atom. The van der Waals surface area contributed by atoms with Crippen molar-refractivity contribution in [2.24, 2.45) is 26.7 Å². The summed E-state index contributed by atoms with van der Waals surface area (Å²) in [7, 11) is 2.53. The minimum absolute atomic E-state index is 0.0451. The highest BCUT2D eigenvalue weighted by atomic mass is 16.6. The van der Waals surface area contributed by atoms with Crippen LogP contribution in [-0.2, 0) is 28.6 Å². The third-order valence-corrected chi connectivity index (χ3v) is 4.87. The molecule has 0 rings (SSSR count). The molecule has 0 aromatic carbocycles. The Balaban J connectivity index is -0.000000547. The normalized spacial score (nSPS) is 13.1. The molecule has 2 atom stereocenters. The van der Waals surface area contributed by atoms with Crippen LogP contribution in [0, 0.1) is 21.7 Å². The molecule has 12 nitrogen and oxygen atoms in total. The van der Waals surface area contributed by atoms with E-state index in [1.807, 2.05) is 20.8 Å². The molecule has 1 amide bonds. The molecule has 0 aromatic heterocycles. The number of hydrogen-bond donors (Lipinski definition) is 4. The number of aliphatic imine (C=N–C) groups is 1. The summed E-state index contributed by atoms with van der Waals surface area (Å²) in [4.78, 5) is 47.7. The van der Waals surface area contributed by atoms with E-state index in [0.29, 0.717) is 0 Å². The third-order valence-electron chi connectivity index (χ3n) is 4.87. The van der Waals surface area contributed by atoms with Crippen molar-refractivity contribution in [3.8, 4) is 0 Å². The smallest absolute Gasteiger partial charge is 0.407 e. The van der Waals surface area contributed by atoms with E-state index in [-0.39, 0.29) is 31.8 Å². The van der Waals surface area contributed by atoms with Gasteiger partial charge in [-0.1, -0.05) is 69.2 Å². The number of carbonyl (C=O) groups is 3. The number of nitrogens with one attached hydrogen (secondary N) is 1. The molecule has 0 aromatic rings. The number of isocyanates is 1. The first-order valence-corrected chi connectivity index (χ1v) is 12.1. The minimum atomic E-state index is -0.790. The molecule has 0 saturated heterocycles. The average molecular weight is 551 g/mol. The number of ether oxygens (including phenoxy) is 3. The Morgan fingerprint density at radius 2 is 1.18 bits per heavy atom. The lowest BCUT2D eigenvalue weighted by Crippen LogP contribution is -2.50. The highest BCUT2D eigenvalue weighted by Crippen LogP contribution is 2.23. The Hall–Kier alpha value is -2.53. The van der Waals surface area contributed by atoms with Crippen LogP contribution in [0.5, 0.6) is 0 Å². The standard InChI is InChI=1S/C13H25NO5.C8H13NO3.C5H12O2/c1-12(2,3)9(10(16)18-6)14-11(17)19-8-13(4,5)7-15;1-8(2,3)6(9-5-10)7(11)12-4;1-5(2,3-6)4-7/h9,15H,7-8H2,1-6H3,(H,14,17);6H,1-4H3;6-7H,3-4H2,1-2H3/t9-;6-;/m11./s1. The van der Waals surface area contributed by atoms with Crippen molar-refractivity contribution in [2.45, 2.75) is 81.3 Å². The van der Waals surface area contributed by atoms with Gasteiger partial charge in [-0.3, -0.25) is 0 Å². The van der Waals surface area contributed by atoms with E-state index in [2.05, 4.69) is 19.8 Å². The maximum atomic E-state index is 11.7. The first kappa shape index (κ1) is 40.0. The fourth-order valence-corrected chi connectivity index (χ4v) is 2.03. The van der Waals surface area contributed by atoms with Gasteiger partial charge in [0.1, 0.15) is 12.6 Å². The lowest BCUT2D eigenvalue weighted by Gasteiger charge is -2.29. The summed E-state index contributed by atoms with van der Waals surface area (Å²) in [5.41, 5.74) is -1.72. The molecule has 0 fully saturated rings. The molecule has 224 valence electrons. The van der Waals surface area contributed by atoms with Gasteiger partial charge in [-0.2, -0.15) is 4.99 Å². The summed E-state index contributed by atoms with van der Waals surface area (Å²) in [6, 6.07) is -1.55. The lowest BCUT2D eigenvalue weighted by atomic mass is 9.87. The largest absolute Gasteiger partial charge is 0.467 e. The molecule has 0 aliphatic heterocycles. The monoisotopic (exact) mass is 550 g/mol. The summed E-state index contributed by atoms with van der Waals surface area (Å²) < 4.78 is 14.1.